The highest BCUT2D eigenvalue weighted by molar-refractivity contribution is 9.10. The van der Waals surface area contributed by atoms with Crippen molar-refractivity contribution in [3.63, 3.8) is 0 Å². The number of hydrogen-bond donors (Lipinski definition) is 1. The van der Waals surface area contributed by atoms with Gasteiger partial charge in [-0.15, -0.1) is 0 Å². The molecule has 0 aromatic heterocycles. The molecule has 1 aliphatic heterocycles. The second-order valence-corrected chi connectivity index (χ2v) is 6.54. The number of para-hydroxylation sites is 1. The van der Waals surface area contributed by atoms with Gasteiger partial charge in [0.2, 0.25) is 0 Å². The highest BCUT2D eigenvalue weighted by Gasteiger charge is 2.20. The summed E-state index contributed by atoms with van der Waals surface area (Å²) in [5.41, 5.74) is 2.40. The van der Waals surface area contributed by atoms with E-state index in [0.29, 0.717) is 6.04 Å². The van der Waals surface area contributed by atoms with Crippen molar-refractivity contribution in [3.8, 4) is 0 Å². The lowest BCUT2D eigenvalue weighted by atomic mass is 10.0. The fourth-order valence-corrected chi connectivity index (χ4v) is 3.31. The lowest BCUT2D eigenvalue weighted by Crippen LogP contribution is -2.39. The van der Waals surface area contributed by atoms with Crippen LogP contribution in [0.5, 0.6) is 0 Å². The molecule has 2 aromatic rings. The molecule has 110 valence electrons. The van der Waals surface area contributed by atoms with E-state index in [1.54, 1.807) is 0 Å². The number of anilines is 2. The molecule has 1 fully saturated rings. The third kappa shape index (κ3) is 3.53. The van der Waals surface area contributed by atoms with Crippen molar-refractivity contribution in [1.29, 1.82) is 0 Å². The number of rotatable bonds is 3. The Kier molecular flexibility index (Phi) is 4.71. The quantitative estimate of drug-likeness (QED) is 0.806. The van der Waals surface area contributed by atoms with Gasteiger partial charge in [-0.25, -0.2) is 0 Å². The van der Waals surface area contributed by atoms with E-state index >= 15 is 0 Å². The number of benzene rings is 2. The minimum Gasteiger partial charge on any atom is -0.381 e. The second-order valence-electron chi connectivity index (χ2n) is 5.34. The van der Waals surface area contributed by atoms with Gasteiger partial charge < -0.3 is 10.2 Å². The monoisotopic (exact) mass is 364 g/mol. The van der Waals surface area contributed by atoms with Crippen LogP contribution < -0.4 is 10.2 Å². The Morgan fingerprint density at radius 3 is 2.43 bits per heavy atom. The predicted octanol–water partition coefficient (Wildman–Crippen LogP) is 5.18. The Balaban J connectivity index is 1.60. The number of nitrogens with one attached hydrogen (secondary N) is 1. The molecule has 1 N–H and O–H groups in total. The van der Waals surface area contributed by atoms with E-state index in [1.165, 1.54) is 5.69 Å². The fourth-order valence-electron chi connectivity index (χ4n) is 2.76. The van der Waals surface area contributed by atoms with Gasteiger partial charge in [0.05, 0.1) is 15.2 Å². The number of halogens is 2. The molecular weight excluding hydrogens is 348 g/mol. The Hall–Kier alpha value is -1.19. The zero-order chi connectivity index (χ0) is 14.7. The van der Waals surface area contributed by atoms with Crippen LogP contribution >= 0.6 is 27.5 Å². The van der Waals surface area contributed by atoms with Gasteiger partial charge in [-0.3, -0.25) is 0 Å². The normalized spacial score (nSPS) is 16.0. The molecule has 0 radical (unpaired) electrons. The summed E-state index contributed by atoms with van der Waals surface area (Å²) in [6.07, 6.45) is 2.27. The average Bonchev–Trinajstić information content (AvgIpc) is 2.53. The molecule has 2 nitrogen and oxygen atoms in total. The molecule has 4 heteroatoms. The van der Waals surface area contributed by atoms with E-state index in [9.17, 15) is 0 Å². The van der Waals surface area contributed by atoms with E-state index in [4.69, 9.17) is 11.6 Å². The van der Waals surface area contributed by atoms with Crippen molar-refractivity contribution in [1.82, 2.24) is 0 Å². The van der Waals surface area contributed by atoms with Crippen molar-refractivity contribution < 1.29 is 0 Å². The van der Waals surface area contributed by atoms with Crippen molar-refractivity contribution >= 4 is 38.9 Å². The lowest BCUT2D eigenvalue weighted by molar-refractivity contribution is 0.526. The van der Waals surface area contributed by atoms with Gasteiger partial charge >= 0.3 is 0 Å². The molecule has 0 spiro atoms. The van der Waals surface area contributed by atoms with Gasteiger partial charge in [-0.2, -0.15) is 0 Å². The SMILES string of the molecule is Clc1cccc(NC2CCN(c3ccccc3)CC2)c1Br. The zero-order valence-electron chi connectivity index (χ0n) is 11.7. The van der Waals surface area contributed by atoms with Crippen molar-refractivity contribution in [2.24, 2.45) is 0 Å². The van der Waals surface area contributed by atoms with Crippen LogP contribution in [0, 0.1) is 0 Å². The molecule has 1 saturated heterocycles. The summed E-state index contributed by atoms with van der Waals surface area (Å²) in [6, 6.07) is 17.1. The van der Waals surface area contributed by atoms with Crippen LogP contribution in [0.2, 0.25) is 5.02 Å². The highest BCUT2D eigenvalue weighted by Crippen LogP contribution is 2.31. The standard InChI is InChI=1S/C17H18BrClN2/c18-17-15(19)7-4-8-16(17)20-13-9-11-21(12-10-13)14-5-2-1-3-6-14/h1-8,13,20H,9-12H2. The third-order valence-electron chi connectivity index (χ3n) is 3.93. The van der Waals surface area contributed by atoms with Crippen molar-refractivity contribution in [2.75, 3.05) is 23.3 Å². The minimum absolute atomic E-state index is 0.500. The van der Waals surface area contributed by atoms with Gasteiger partial charge in [-0.1, -0.05) is 35.9 Å². The third-order valence-corrected chi connectivity index (χ3v) is 5.33. The van der Waals surface area contributed by atoms with Crippen LogP contribution in [0.1, 0.15) is 12.8 Å². The molecule has 21 heavy (non-hydrogen) atoms. The summed E-state index contributed by atoms with van der Waals surface area (Å²) >= 11 is 9.69. The molecule has 0 amide bonds. The van der Waals surface area contributed by atoms with E-state index in [1.807, 2.05) is 12.1 Å². The van der Waals surface area contributed by atoms with Gasteiger partial charge in [-0.05, 0) is 53.0 Å². The highest BCUT2D eigenvalue weighted by atomic mass is 79.9. The maximum Gasteiger partial charge on any atom is 0.0593 e. The first-order valence-electron chi connectivity index (χ1n) is 7.24. The van der Waals surface area contributed by atoms with E-state index in [-0.39, 0.29) is 0 Å². The molecule has 1 aliphatic rings. The molecule has 3 rings (SSSR count). The molecular formula is C17H18BrClN2. The fraction of sp³-hybridized carbons (Fsp3) is 0.294. The molecule has 0 atom stereocenters. The maximum atomic E-state index is 6.14. The Labute approximate surface area is 139 Å². The Bertz CT molecular complexity index is 595. The molecule has 0 saturated carbocycles. The Morgan fingerprint density at radius 2 is 1.71 bits per heavy atom. The number of nitrogens with zero attached hydrogens (tertiary/aromatic N) is 1. The van der Waals surface area contributed by atoms with Crippen LogP contribution in [-0.4, -0.2) is 19.1 Å². The number of piperidine rings is 1. The van der Waals surface area contributed by atoms with Crippen LogP contribution in [0.15, 0.2) is 53.0 Å². The predicted molar refractivity (Wildman–Crippen MR) is 94.5 cm³/mol. The minimum atomic E-state index is 0.500. The van der Waals surface area contributed by atoms with Gasteiger partial charge in [0.15, 0.2) is 0 Å². The van der Waals surface area contributed by atoms with Gasteiger partial charge in [0, 0.05) is 24.8 Å². The molecule has 0 aliphatic carbocycles. The van der Waals surface area contributed by atoms with E-state index < -0.39 is 0 Å². The van der Waals surface area contributed by atoms with Crippen LogP contribution in [-0.2, 0) is 0 Å². The average molecular weight is 366 g/mol. The summed E-state index contributed by atoms with van der Waals surface area (Å²) < 4.78 is 0.956. The first-order valence-corrected chi connectivity index (χ1v) is 8.41. The smallest absolute Gasteiger partial charge is 0.0593 e. The van der Waals surface area contributed by atoms with Crippen LogP contribution in [0.25, 0.3) is 0 Å². The summed E-state index contributed by atoms with van der Waals surface area (Å²) in [4.78, 5) is 2.45. The molecule has 0 bridgehead atoms. The second kappa shape index (κ2) is 6.71. The van der Waals surface area contributed by atoms with Gasteiger partial charge in [0.1, 0.15) is 0 Å². The first kappa shape index (κ1) is 14.7. The maximum absolute atomic E-state index is 6.14. The summed E-state index contributed by atoms with van der Waals surface area (Å²) in [7, 11) is 0. The summed E-state index contributed by atoms with van der Waals surface area (Å²) in [6.45, 7) is 2.17. The van der Waals surface area contributed by atoms with Crippen LogP contribution in [0.3, 0.4) is 0 Å². The van der Waals surface area contributed by atoms with E-state index in [0.717, 1.165) is 41.1 Å². The number of hydrogen-bond acceptors (Lipinski definition) is 2. The lowest BCUT2D eigenvalue weighted by Gasteiger charge is -2.34. The van der Waals surface area contributed by atoms with Gasteiger partial charge in [0.25, 0.3) is 0 Å². The Morgan fingerprint density at radius 1 is 1.00 bits per heavy atom. The van der Waals surface area contributed by atoms with Crippen molar-refractivity contribution in [2.45, 2.75) is 18.9 Å². The van der Waals surface area contributed by atoms with E-state index in [2.05, 4.69) is 62.5 Å². The molecule has 1 heterocycles. The largest absolute Gasteiger partial charge is 0.381 e. The first-order chi connectivity index (χ1) is 10.2. The summed E-state index contributed by atoms with van der Waals surface area (Å²) in [5, 5.41) is 4.36. The molecule has 2 aromatic carbocycles. The van der Waals surface area contributed by atoms with Crippen LogP contribution in [0.4, 0.5) is 11.4 Å². The van der Waals surface area contributed by atoms with Crippen molar-refractivity contribution in [3.05, 3.63) is 58.0 Å². The summed E-state index contributed by atoms with van der Waals surface area (Å²) in [5.74, 6) is 0. The molecule has 0 unspecified atom stereocenters. The topological polar surface area (TPSA) is 15.3 Å². The zero-order valence-corrected chi connectivity index (χ0v) is 14.1.